The van der Waals surface area contributed by atoms with Gasteiger partial charge in [0.25, 0.3) is 0 Å². The fraction of sp³-hybridized carbons (Fsp3) is 0.714. The molecular weight excluding hydrogens is 168 g/mol. The first-order chi connectivity index (χ1) is 6.60. The molecule has 0 radical (unpaired) electrons. The molecular formula is C14H26. The van der Waals surface area contributed by atoms with Gasteiger partial charge in [-0.3, -0.25) is 0 Å². The molecule has 0 aliphatic heterocycles. The van der Waals surface area contributed by atoms with Crippen molar-refractivity contribution >= 4 is 0 Å². The molecule has 0 spiro atoms. The van der Waals surface area contributed by atoms with E-state index in [0.717, 1.165) is 18.3 Å². The van der Waals surface area contributed by atoms with Gasteiger partial charge in [-0.05, 0) is 31.6 Å². The van der Waals surface area contributed by atoms with Crippen molar-refractivity contribution in [2.45, 2.75) is 53.4 Å². The topological polar surface area (TPSA) is 0 Å². The van der Waals surface area contributed by atoms with Crippen LogP contribution in [0.1, 0.15) is 53.4 Å². The van der Waals surface area contributed by atoms with Crippen molar-refractivity contribution in [2.75, 3.05) is 0 Å². The quantitative estimate of drug-likeness (QED) is 0.502. The average molecular weight is 194 g/mol. The Morgan fingerprint density at radius 3 is 2.50 bits per heavy atom. The monoisotopic (exact) mass is 194 g/mol. The Hall–Kier alpha value is -0.520. The fourth-order valence-corrected chi connectivity index (χ4v) is 2.09. The van der Waals surface area contributed by atoms with Gasteiger partial charge in [0.05, 0.1) is 0 Å². The van der Waals surface area contributed by atoms with E-state index in [9.17, 15) is 0 Å². The van der Waals surface area contributed by atoms with Crippen LogP contribution in [0.25, 0.3) is 0 Å². The van der Waals surface area contributed by atoms with Crippen LogP contribution in [0.2, 0.25) is 0 Å². The van der Waals surface area contributed by atoms with E-state index in [1.807, 2.05) is 6.08 Å². The van der Waals surface area contributed by atoms with Gasteiger partial charge in [-0.1, -0.05) is 51.3 Å². The van der Waals surface area contributed by atoms with Gasteiger partial charge in [-0.25, -0.2) is 0 Å². The number of hydrogen-bond donors (Lipinski definition) is 0. The molecule has 0 heterocycles. The van der Waals surface area contributed by atoms with Crippen molar-refractivity contribution in [3.8, 4) is 0 Å². The molecule has 0 aromatic carbocycles. The van der Waals surface area contributed by atoms with Crippen LogP contribution in [-0.2, 0) is 0 Å². The molecule has 14 heavy (non-hydrogen) atoms. The summed E-state index contributed by atoms with van der Waals surface area (Å²) >= 11 is 0. The second-order valence-corrected chi connectivity index (χ2v) is 4.61. The molecule has 2 atom stereocenters. The normalized spacial score (nSPS) is 16.4. The summed E-state index contributed by atoms with van der Waals surface area (Å²) in [5, 5.41) is 0. The minimum atomic E-state index is 0.719. The number of allylic oxidation sites excluding steroid dienone is 3. The van der Waals surface area contributed by atoms with Crippen LogP contribution < -0.4 is 0 Å². The summed E-state index contributed by atoms with van der Waals surface area (Å²) in [7, 11) is 0. The highest BCUT2D eigenvalue weighted by Gasteiger charge is 2.05. The summed E-state index contributed by atoms with van der Waals surface area (Å²) in [5.74, 6) is 1.58. The molecule has 82 valence electrons. The lowest BCUT2D eigenvalue weighted by Crippen LogP contribution is -2.01. The molecule has 0 rings (SSSR count). The van der Waals surface area contributed by atoms with Crippen molar-refractivity contribution in [1.29, 1.82) is 0 Å². The first kappa shape index (κ1) is 13.5. The highest BCUT2D eigenvalue weighted by atomic mass is 14.1. The van der Waals surface area contributed by atoms with Crippen molar-refractivity contribution in [3.63, 3.8) is 0 Å². The van der Waals surface area contributed by atoms with E-state index in [1.54, 1.807) is 0 Å². The second kappa shape index (κ2) is 7.84. The van der Waals surface area contributed by atoms with Gasteiger partial charge in [-0.2, -0.15) is 0 Å². The Bertz CT molecular complexity index is 176. The largest absolute Gasteiger partial charge is 0.103 e. The van der Waals surface area contributed by atoms with Gasteiger partial charge < -0.3 is 0 Å². The van der Waals surface area contributed by atoms with E-state index in [1.165, 1.54) is 24.8 Å². The molecule has 0 saturated carbocycles. The lowest BCUT2D eigenvalue weighted by atomic mass is 9.92. The van der Waals surface area contributed by atoms with Gasteiger partial charge >= 0.3 is 0 Å². The van der Waals surface area contributed by atoms with Crippen molar-refractivity contribution < 1.29 is 0 Å². The molecule has 0 aliphatic carbocycles. The van der Waals surface area contributed by atoms with Crippen molar-refractivity contribution in [1.82, 2.24) is 0 Å². The summed E-state index contributed by atoms with van der Waals surface area (Å²) in [6.07, 6.45) is 9.40. The Balaban J connectivity index is 3.88. The van der Waals surface area contributed by atoms with Gasteiger partial charge in [0.15, 0.2) is 0 Å². The number of rotatable bonds is 7. The molecule has 0 fully saturated rings. The maximum atomic E-state index is 3.76. The highest BCUT2D eigenvalue weighted by molar-refractivity contribution is 5.04. The Morgan fingerprint density at radius 1 is 1.36 bits per heavy atom. The molecule has 0 bridgehead atoms. The second-order valence-electron chi connectivity index (χ2n) is 4.61. The molecule has 0 aliphatic rings. The predicted octanol–water partition coefficient (Wildman–Crippen LogP) is 4.97. The zero-order chi connectivity index (χ0) is 11.0. The van der Waals surface area contributed by atoms with Gasteiger partial charge in [-0.15, -0.1) is 6.58 Å². The Morgan fingerprint density at radius 2 is 2.00 bits per heavy atom. The first-order valence-electron chi connectivity index (χ1n) is 5.88. The molecule has 0 N–H and O–H groups in total. The maximum Gasteiger partial charge on any atom is -0.0144 e. The van der Waals surface area contributed by atoms with E-state index < -0.39 is 0 Å². The molecule has 0 amide bonds. The lowest BCUT2D eigenvalue weighted by Gasteiger charge is -2.14. The SMILES string of the molecule is C=CCC(C)=CC(C)CC(C)CCC. The third-order valence-corrected chi connectivity index (χ3v) is 2.59. The smallest absolute Gasteiger partial charge is 0.0144 e. The van der Waals surface area contributed by atoms with E-state index in [-0.39, 0.29) is 0 Å². The van der Waals surface area contributed by atoms with Gasteiger partial charge in [0.1, 0.15) is 0 Å². The number of hydrogen-bond acceptors (Lipinski definition) is 0. The van der Waals surface area contributed by atoms with Crippen LogP contribution >= 0.6 is 0 Å². The standard InChI is InChI=1S/C14H26/c1-6-8-12(3)10-14(5)11-13(4)9-7-2/h6,10,13-14H,1,7-9,11H2,2-5H3. The Kier molecular flexibility index (Phi) is 7.55. The third-order valence-electron chi connectivity index (χ3n) is 2.59. The summed E-state index contributed by atoms with van der Waals surface area (Å²) in [4.78, 5) is 0. The summed E-state index contributed by atoms with van der Waals surface area (Å²) in [5.41, 5.74) is 1.45. The van der Waals surface area contributed by atoms with Crippen LogP contribution in [0.4, 0.5) is 0 Å². The molecule has 0 heteroatoms. The molecule has 0 saturated heterocycles. The lowest BCUT2D eigenvalue weighted by molar-refractivity contribution is 0.433. The van der Waals surface area contributed by atoms with E-state index in [0.29, 0.717) is 0 Å². The summed E-state index contributed by atoms with van der Waals surface area (Å²) in [6.45, 7) is 12.9. The fourth-order valence-electron chi connectivity index (χ4n) is 2.09. The Labute approximate surface area is 90.1 Å². The van der Waals surface area contributed by atoms with Crippen LogP contribution in [0.5, 0.6) is 0 Å². The van der Waals surface area contributed by atoms with Crippen molar-refractivity contribution in [3.05, 3.63) is 24.3 Å². The average Bonchev–Trinajstić information content (AvgIpc) is 2.03. The van der Waals surface area contributed by atoms with Crippen LogP contribution in [0.3, 0.4) is 0 Å². The minimum absolute atomic E-state index is 0.719. The zero-order valence-electron chi connectivity index (χ0n) is 10.3. The predicted molar refractivity (Wildman–Crippen MR) is 66.4 cm³/mol. The van der Waals surface area contributed by atoms with E-state index >= 15 is 0 Å². The van der Waals surface area contributed by atoms with Crippen LogP contribution in [0, 0.1) is 11.8 Å². The first-order valence-corrected chi connectivity index (χ1v) is 5.88. The summed E-state index contributed by atoms with van der Waals surface area (Å²) < 4.78 is 0. The van der Waals surface area contributed by atoms with Gasteiger partial charge in [0.2, 0.25) is 0 Å². The maximum absolute atomic E-state index is 3.76. The third kappa shape index (κ3) is 6.94. The molecule has 0 nitrogen and oxygen atoms in total. The van der Waals surface area contributed by atoms with Gasteiger partial charge in [0, 0.05) is 0 Å². The molecule has 0 aromatic heterocycles. The molecule has 0 aromatic rings. The van der Waals surface area contributed by atoms with Crippen LogP contribution in [-0.4, -0.2) is 0 Å². The minimum Gasteiger partial charge on any atom is -0.103 e. The zero-order valence-corrected chi connectivity index (χ0v) is 10.3. The van der Waals surface area contributed by atoms with E-state index in [2.05, 4.69) is 40.3 Å². The van der Waals surface area contributed by atoms with Crippen molar-refractivity contribution in [2.24, 2.45) is 11.8 Å². The molecule has 2 unspecified atom stereocenters. The highest BCUT2D eigenvalue weighted by Crippen LogP contribution is 2.19. The van der Waals surface area contributed by atoms with Crippen LogP contribution in [0.15, 0.2) is 24.3 Å². The summed E-state index contributed by atoms with van der Waals surface area (Å²) in [6, 6.07) is 0. The van der Waals surface area contributed by atoms with E-state index in [4.69, 9.17) is 0 Å².